The Morgan fingerprint density at radius 3 is 0.917 bits per heavy atom. The molecule has 0 unspecified atom stereocenters. The summed E-state index contributed by atoms with van der Waals surface area (Å²) in [6, 6.07) is 0. The van der Waals surface area contributed by atoms with E-state index in [1.807, 2.05) is 0 Å². The molecular weight excluding hydrogens is 191 g/mol. The van der Waals surface area contributed by atoms with Crippen molar-refractivity contribution in [3.63, 3.8) is 0 Å². The van der Waals surface area contributed by atoms with Crippen LogP contribution in [-0.4, -0.2) is 0 Å². The average Bonchev–Trinajstić information content (AvgIpc) is 1.80. The molecule has 0 aromatic rings. The molecule has 0 saturated heterocycles. The molecule has 0 aliphatic rings. The lowest BCUT2D eigenvalue weighted by atomic mass is 9.88. The average molecular weight is 209 g/mol. The number of hydrogen-bond donors (Lipinski definition) is 0. The van der Waals surface area contributed by atoms with Crippen LogP contribution in [0.5, 0.6) is 0 Å². The third-order valence-electron chi connectivity index (χ3n) is 1.51. The van der Waals surface area contributed by atoms with Crippen molar-refractivity contribution in [3.05, 3.63) is 10.1 Å². The minimum atomic E-state index is -0.0497. The van der Waals surface area contributed by atoms with Crippen LogP contribution < -0.4 is 0 Å². The molecule has 0 aromatic carbocycles. The lowest BCUT2D eigenvalue weighted by Crippen LogP contribution is -2.13. The van der Waals surface area contributed by atoms with Gasteiger partial charge in [0.25, 0.3) is 0 Å². The second-order valence-corrected chi connectivity index (χ2v) is 5.88. The summed E-state index contributed by atoms with van der Waals surface area (Å²) in [5.74, 6) is 0. The first kappa shape index (κ1) is 12.3. The van der Waals surface area contributed by atoms with Gasteiger partial charge >= 0.3 is 0 Å². The second kappa shape index (κ2) is 3.59. The van der Waals surface area contributed by atoms with Gasteiger partial charge in [-0.05, 0) is 10.8 Å². The maximum atomic E-state index is 6.14. The molecule has 2 heteroatoms. The Morgan fingerprint density at radius 2 is 0.833 bits per heavy atom. The summed E-state index contributed by atoms with van der Waals surface area (Å²) >= 11 is 12.3. The predicted octanol–water partition coefficient (Wildman–Crippen LogP) is 4.77. The molecule has 72 valence electrons. The third kappa shape index (κ3) is 3.37. The Kier molecular flexibility index (Phi) is 3.69. The van der Waals surface area contributed by atoms with Crippen LogP contribution in [0.4, 0.5) is 0 Å². The van der Waals surface area contributed by atoms with Gasteiger partial charge in [-0.25, -0.2) is 0 Å². The normalized spacial score (nSPS) is 16.0. The minimum absolute atomic E-state index is 0.0497. The molecular formula is C10H18Cl2. The monoisotopic (exact) mass is 208 g/mol. The van der Waals surface area contributed by atoms with Crippen LogP contribution in [0.1, 0.15) is 41.5 Å². The maximum Gasteiger partial charge on any atom is 0.0384 e. The van der Waals surface area contributed by atoms with Crippen molar-refractivity contribution in [2.24, 2.45) is 10.8 Å². The first-order chi connectivity index (χ1) is 5.07. The van der Waals surface area contributed by atoms with E-state index in [1.54, 1.807) is 0 Å². The van der Waals surface area contributed by atoms with Crippen molar-refractivity contribution in [3.8, 4) is 0 Å². The highest BCUT2D eigenvalue weighted by atomic mass is 35.5. The molecule has 0 bridgehead atoms. The summed E-state index contributed by atoms with van der Waals surface area (Å²) in [7, 11) is 0. The van der Waals surface area contributed by atoms with E-state index in [9.17, 15) is 0 Å². The Bertz CT molecular complexity index is 167. The van der Waals surface area contributed by atoms with E-state index in [4.69, 9.17) is 23.2 Å². The molecule has 12 heavy (non-hydrogen) atoms. The molecule has 0 aliphatic carbocycles. The molecule has 0 atom stereocenters. The topological polar surface area (TPSA) is 0 Å². The highest BCUT2D eigenvalue weighted by molar-refractivity contribution is 6.39. The number of rotatable bonds is 0. The largest absolute Gasteiger partial charge is 0.0873 e. The van der Waals surface area contributed by atoms with Crippen molar-refractivity contribution in [2.45, 2.75) is 41.5 Å². The first-order valence-electron chi connectivity index (χ1n) is 4.13. The van der Waals surface area contributed by atoms with Crippen LogP contribution in [0.15, 0.2) is 10.1 Å². The van der Waals surface area contributed by atoms with Gasteiger partial charge in [-0.3, -0.25) is 0 Å². The number of halogens is 2. The van der Waals surface area contributed by atoms with Crippen molar-refractivity contribution in [2.75, 3.05) is 0 Å². The Balaban J connectivity index is 4.96. The molecule has 0 nitrogen and oxygen atoms in total. The predicted molar refractivity (Wildman–Crippen MR) is 57.6 cm³/mol. The Labute approximate surface area is 85.9 Å². The summed E-state index contributed by atoms with van der Waals surface area (Å²) in [6.07, 6.45) is 0. The molecule has 0 fully saturated rings. The maximum absolute atomic E-state index is 6.14. The molecule has 0 N–H and O–H groups in total. The summed E-state index contributed by atoms with van der Waals surface area (Å²) in [4.78, 5) is 0. The van der Waals surface area contributed by atoms with E-state index >= 15 is 0 Å². The van der Waals surface area contributed by atoms with Crippen molar-refractivity contribution in [1.82, 2.24) is 0 Å². The molecule has 0 saturated carbocycles. The van der Waals surface area contributed by atoms with Gasteiger partial charge in [0, 0.05) is 10.1 Å². The lowest BCUT2D eigenvalue weighted by molar-refractivity contribution is 0.483. The van der Waals surface area contributed by atoms with Crippen molar-refractivity contribution < 1.29 is 0 Å². The van der Waals surface area contributed by atoms with E-state index < -0.39 is 0 Å². The van der Waals surface area contributed by atoms with Gasteiger partial charge < -0.3 is 0 Å². The van der Waals surface area contributed by atoms with Gasteiger partial charge in [-0.2, -0.15) is 0 Å². The highest BCUT2D eigenvalue weighted by Crippen LogP contribution is 2.40. The fourth-order valence-electron chi connectivity index (χ4n) is 0.658. The van der Waals surface area contributed by atoms with Gasteiger partial charge in [-0.1, -0.05) is 64.7 Å². The summed E-state index contributed by atoms with van der Waals surface area (Å²) in [5, 5.41) is 1.52. The van der Waals surface area contributed by atoms with Crippen LogP contribution >= 0.6 is 23.2 Å². The standard InChI is InChI=1S/C10H18Cl2/c1-9(2,3)7(11)8(12)10(4,5)6/h1-6H3/b8-7+. The fourth-order valence-corrected chi connectivity index (χ4v) is 1.23. The van der Waals surface area contributed by atoms with E-state index in [0.29, 0.717) is 0 Å². The molecule has 0 aliphatic heterocycles. The van der Waals surface area contributed by atoms with Crippen molar-refractivity contribution in [1.29, 1.82) is 0 Å². The van der Waals surface area contributed by atoms with E-state index in [2.05, 4.69) is 41.5 Å². The van der Waals surface area contributed by atoms with Gasteiger partial charge in [-0.15, -0.1) is 0 Å². The van der Waals surface area contributed by atoms with Gasteiger partial charge in [0.1, 0.15) is 0 Å². The van der Waals surface area contributed by atoms with E-state index in [-0.39, 0.29) is 10.8 Å². The molecule has 0 rings (SSSR count). The second-order valence-electron chi connectivity index (χ2n) is 5.13. The van der Waals surface area contributed by atoms with E-state index in [1.165, 1.54) is 0 Å². The SMILES string of the molecule is CC(C)(C)/C(Cl)=C(\Cl)C(C)(C)C. The van der Waals surface area contributed by atoms with Crippen LogP contribution in [0, 0.1) is 10.8 Å². The zero-order chi connectivity index (χ0) is 10.2. The van der Waals surface area contributed by atoms with E-state index in [0.717, 1.165) is 10.1 Å². The van der Waals surface area contributed by atoms with Crippen molar-refractivity contribution >= 4 is 23.2 Å². The molecule has 0 radical (unpaired) electrons. The first-order valence-corrected chi connectivity index (χ1v) is 4.88. The zero-order valence-corrected chi connectivity index (χ0v) is 10.3. The summed E-state index contributed by atoms with van der Waals surface area (Å²) in [5.41, 5.74) is -0.0994. The van der Waals surface area contributed by atoms with Gasteiger partial charge in [0.2, 0.25) is 0 Å². The number of hydrogen-bond acceptors (Lipinski definition) is 0. The van der Waals surface area contributed by atoms with Gasteiger partial charge in [0.15, 0.2) is 0 Å². The Hall–Kier alpha value is 0.320. The third-order valence-corrected chi connectivity index (χ3v) is 3.12. The summed E-state index contributed by atoms with van der Waals surface area (Å²) < 4.78 is 0. The van der Waals surface area contributed by atoms with Crippen LogP contribution in [-0.2, 0) is 0 Å². The van der Waals surface area contributed by atoms with Crippen LogP contribution in [0.25, 0.3) is 0 Å². The summed E-state index contributed by atoms with van der Waals surface area (Å²) in [6.45, 7) is 12.4. The molecule has 0 aromatic heterocycles. The lowest BCUT2D eigenvalue weighted by Gasteiger charge is -2.25. The van der Waals surface area contributed by atoms with Gasteiger partial charge in [0.05, 0.1) is 0 Å². The molecule has 0 spiro atoms. The smallest absolute Gasteiger partial charge is 0.0384 e. The molecule has 0 heterocycles. The van der Waals surface area contributed by atoms with Crippen LogP contribution in [0.3, 0.4) is 0 Å². The Morgan fingerprint density at radius 1 is 0.667 bits per heavy atom. The molecule has 0 amide bonds. The van der Waals surface area contributed by atoms with Crippen LogP contribution in [0.2, 0.25) is 0 Å². The quantitative estimate of drug-likeness (QED) is 0.539. The highest BCUT2D eigenvalue weighted by Gasteiger charge is 2.25. The fraction of sp³-hybridized carbons (Fsp3) is 0.800. The number of allylic oxidation sites excluding steroid dienone is 2. The zero-order valence-electron chi connectivity index (χ0n) is 8.76. The minimum Gasteiger partial charge on any atom is -0.0873 e.